The molecule has 0 heterocycles. The molecule has 0 radical (unpaired) electrons. The fraction of sp³-hybridized carbons (Fsp3) is 0.333. The van der Waals surface area contributed by atoms with Crippen LogP contribution in [0, 0.1) is 0 Å². The van der Waals surface area contributed by atoms with Crippen LogP contribution in [-0.2, 0) is 29.1 Å². The zero-order valence-corrected chi connectivity index (χ0v) is 39.7. The van der Waals surface area contributed by atoms with Crippen molar-refractivity contribution in [2.75, 3.05) is 4.90 Å². The minimum Gasteiger partial charge on any atom is -0.310 e. The quantitative estimate of drug-likeness (QED) is 0.155. The van der Waals surface area contributed by atoms with Gasteiger partial charge in [-0.1, -0.05) is 190 Å². The van der Waals surface area contributed by atoms with Crippen molar-refractivity contribution in [2.45, 2.75) is 135 Å². The molecule has 1 nitrogen and oxygen atoms in total. The van der Waals surface area contributed by atoms with Gasteiger partial charge in [0, 0.05) is 22.5 Å². The number of nitrogens with zero attached hydrogens (tertiary/aromatic N) is 1. The summed E-state index contributed by atoms with van der Waals surface area (Å²) < 4.78 is 0. The highest BCUT2D eigenvalue weighted by Crippen LogP contribution is 2.52. The Balaban J connectivity index is 1.06. The highest BCUT2D eigenvalue weighted by Gasteiger charge is 2.36. The van der Waals surface area contributed by atoms with Gasteiger partial charge < -0.3 is 4.90 Å². The predicted molar refractivity (Wildman–Crippen MR) is 275 cm³/mol. The first-order valence-electron chi connectivity index (χ1n) is 24.4. The molecule has 0 spiro atoms. The van der Waals surface area contributed by atoms with Crippen molar-refractivity contribution in [2.24, 2.45) is 0 Å². The Hall–Kier alpha value is -5.66. The van der Waals surface area contributed by atoms with Crippen LogP contribution in [0.2, 0.25) is 0 Å². The van der Waals surface area contributed by atoms with Crippen molar-refractivity contribution in [3.05, 3.63) is 185 Å². The molecule has 64 heavy (non-hydrogen) atoms. The summed E-state index contributed by atoms with van der Waals surface area (Å²) >= 11 is 0. The predicted octanol–water partition coefficient (Wildman–Crippen LogP) is 18.0. The number of rotatable bonds is 7. The van der Waals surface area contributed by atoms with Gasteiger partial charge in [0.05, 0.1) is 0 Å². The number of anilines is 3. The molecule has 0 N–H and O–H groups in total. The monoisotopic (exact) mass is 838 g/mol. The molecule has 7 aromatic carbocycles. The second-order valence-electron chi connectivity index (χ2n) is 21.9. The lowest BCUT2D eigenvalue weighted by atomic mass is 9.79. The Morgan fingerprint density at radius 1 is 0.438 bits per heavy atom. The van der Waals surface area contributed by atoms with Gasteiger partial charge in [0.15, 0.2) is 0 Å². The molecular formula is C63H67N. The Labute approximate surface area is 384 Å². The number of hydrogen-bond donors (Lipinski definition) is 0. The minimum absolute atomic E-state index is 0.0772. The molecule has 3 aliphatic rings. The van der Waals surface area contributed by atoms with Gasteiger partial charge in [-0.15, -0.1) is 0 Å². The van der Waals surface area contributed by atoms with Gasteiger partial charge in [0.25, 0.3) is 0 Å². The molecule has 3 aliphatic carbocycles. The molecule has 0 amide bonds. The summed E-state index contributed by atoms with van der Waals surface area (Å²) in [5, 5.41) is 0. The zero-order chi connectivity index (χ0) is 44.4. The maximum atomic E-state index is 2.58. The third-order valence-corrected chi connectivity index (χ3v) is 15.2. The van der Waals surface area contributed by atoms with Crippen molar-refractivity contribution in [3.63, 3.8) is 0 Å². The van der Waals surface area contributed by atoms with Crippen LogP contribution in [0.1, 0.15) is 145 Å². The Morgan fingerprint density at radius 3 is 1.73 bits per heavy atom. The first-order valence-corrected chi connectivity index (χ1v) is 24.4. The van der Waals surface area contributed by atoms with Gasteiger partial charge in [-0.05, 0) is 169 Å². The molecule has 0 atom stereocenters. The second-order valence-corrected chi connectivity index (χ2v) is 21.9. The normalized spacial score (nSPS) is 15.9. The van der Waals surface area contributed by atoms with E-state index in [1.54, 1.807) is 0 Å². The SMILES string of the molecule is CC(C)(C)c1cc(-c2ccc(-c3ccc(N(c4ccc(-c5cccc(C6CCCCC6)c5)cc4)c4ccc5c(c4)C(C)(C)c4ccccc4-5)c4c3CCCC4)cc2)cc(C(C)(C)C)c1. The highest BCUT2D eigenvalue weighted by molar-refractivity contribution is 5.88. The van der Waals surface area contributed by atoms with Gasteiger partial charge in [0.1, 0.15) is 0 Å². The molecule has 0 unspecified atom stereocenters. The summed E-state index contributed by atoms with van der Waals surface area (Å²) in [5.41, 5.74) is 24.5. The Bertz CT molecular complexity index is 2800. The van der Waals surface area contributed by atoms with Crippen LogP contribution in [0.25, 0.3) is 44.5 Å². The van der Waals surface area contributed by atoms with Crippen molar-refractivity contribution >= 4 is 17.1 Å². The van der Waals surface area contributed by atoms with E-state index < -0.39 is 0 Å². The van der Waals surface area contributed by atoms with Gasteiger partial charge in [-0.2, -0.15) is 0 Å². The summed E-state index contributed by atoms with van der Waals surface area (Å²) in [7, 11) is 0. The van der Waals surface area contributed by atoms with E-state index in [9.17, 15) is 0 Å². The average molecular weight is 838 g/mol. The molecule has 0 aliphatic heterocycles. The first kappa shape index (κ1) is 42.3. The number of hydrogen-bond acceptors (Lipinski definition) is 1. The summed E-state index contributed by atoms with van der Waals surface area (Å²) in [6, 6.07) is 56.7. The van der Waals surface area contributed by atoms with Crippen LogP contribution in [0.3, 0.4) is 0 Å². The van der Waals surface area contributed by atoms with E-state index in [-0.39, 0.29) is 16.2 Å². The van der Waals surface area contributed by atoms with E-state index in [1.165, 1.54) is 145 Å². The molecule has 7 aromatic rings. The highest BCUT2D eigenvalue weighted by atomic mass is 15.1. The van der Waals surface area contributed by atoms with Crippen LogP contribution in [0.15, 0.2) is 146 Å². The lowest BCUT2D eigenvalue weighted by molar-refractivity contribution is 0.444. The maximum Gasteiger partial charge on any atom is 0.0496 e. The van der Waals surface area contributed by atoms with E-state index in [4.69, 9.17) is 0 Å². The lowest BCUT2D eigenvalue weighted by Crippen LogP contribution is -2.18. The third kappa shape index (κ3) is 7.84. The molecule has 1 fully saturated rings. The minimum atomic E-state index is -0.0847. The maximum absolute atomic E-state index is 2.58. The molecule has 10 rings (SSSR count). The van der Waals surface area contributed by atoms with Gasteiger partial charge >= 0.3 is 0 Å². The van der Waals surface area contributed by atoms with Crippen LogP contribution in [0.5, 0.6) is 0 Å². The summed E-state index contributed by atoms with van der Waals surface area (Å²) in [5.74, 6) is 0.692. The van der Waals surface area contributed by atoms with Crippen LogP contribution in [-0.4, -0.2) is 0 Å². The molecule has 1 saturated carbocycles. The standard InChI is InChI=1S/C63H67N/c1-61(2,3)49-38-48(39-50(40-49)62(4,5)6)44-25-27-45(28-26-44)53-35-36-60(57-23-13-12-21-54(53)57)64(52-33-34-56-55-22-14-15-24-58(55)63(7,8)59(56)41-52)51-31-29-43(30-32-51)47-20-16-19-46(37-47)42-17-10-9-11-18-42/h14-16,19-20,22,24-42H,9-13,17-18,21,23H2,1-8H3. The lowest BCUT2D eigenvalue weighted by Gasteiger charge is -2.32. The number of fused-ring (bicyclic) bond motifs is 4. The summed E-state index contributed by atoms with van der Waals surface area (Å²) in [6.07, 6.45) is 11.3. The second kappa shape index (κ2) is 16.4. The van der Waals surface area contributed by atoms with Crippen molar-refractivity contribution in [1.29, 1.82) is 0 Å². The van der Waals surface area contributed by atoms with E-state index in [0.29, 0.717) is 5.92 Å². The molecule has 0 saturated heterocycles. The third-order valence-electron chi connectivity index (χ3n) is 15.2. The van der Waals surface area contributed by atoms with E-state index in [1.807, 2.05) is 0 Å². The smallest absolute Gasteiger partial charge is 0.0496 e. The van der Waals surface area contributed by atoms with Crippen LogP contribution >= 0.6 is 0 Å². The van der Waals surface area contributed by atoms with E-state index >= 15 is 0 Å². The Kier molecular flexibility index (Phi) is 10.8. The molecular weight excluding hydrogens is 771 g/mol. The molecule has 0 aromatic heterocycles. The fourth-order valence-corrected chi connectivity index (χ4v) is 11.3. The average Bonchev–Trinajstić information content (AvgIpc) is 3.54. The first-order chi connectivity index (χ1) is 30.7. The van der Waals surface area contributed by atoms with Gasteiger partial charge in [0.2, 0.25) is 0 Å². The van der Waals surface area contributed by atoms with Crippen LogP contribution < -0.4 is 4.90 Å². The summed E-state index contributed by atoms with van der Waals surface area (Å²) in [4.78, 5) is 2.58. The number of benzene rings is 7. The van der Waals surface area contributed by atoms with E-state index in [0.717, 1.165) is 12.8 Å². The van der Waals surface area contributed by atoms with Gasteiger partial charge in [-0.3, -0.25) is 0 Å². The molecule has 1 heteroatoms. The van der Waals surface area contributed by atoms with Crippen molar-refractivity contribution < 1.29 is 0 Å². The van der Waals surface area contributed by atoms with Crippen molar-refractivity contribution in [1.82, 2.24) is 0 Å². The fourth-order valence-electron chi connectivity index (χ4n) is 11.3. The van der Waals surface area contributed by atoms with E-state index in [2.05, 4.69) is 206 Å². The molecule has 0 bridgehead atoms. The van der Waals surface area contributed by atoms with Crippen molar-refractivity contribution in [3.8, 4) is 44.5 Å². The topological polar surface area (TPSA) is 3.24 Å². The zero-order valence-electron chi connectivity index (χ0n) is 39.7. The molecule has 324 valence electrons. The van der Waals surface area contributed by atoms with Crippen LogP contribution in [0.4, 0.5) is 17.1 Å². The Morgan fingerprint density at radius 2 is 1.03 bits per heavy atom. The largest absolute Gasteiger partial charge is 0.310 e. The summed E-state index contributed by atoms with van der Waals surface area (Å²) in [6.45, 7) is 18.7. The van der Waals surface area contributed by atoms with Gasteiger partial charge in [-0.25, -0.2) is 0 Å².